The zero-order valence-corrected chi connectivity index (χ0v) is 12.2. The Morgan fingerprint density at radius 1 is 1.44 bits per heavy atom. The van der Waals surface area contributed by atoms with Gasteiger partial charge in [0.2, 0.25) is 0 Å². The van der Waals surface area contributed by atoms with Crippen molar-refractivity contribution in [1.29, 1.82) is 0 Å². The lowest BCUT2D eigenvalue weighted by molar-refractivity contribution is 0.155. The Morgan fingerprint density at radius 2 is 2.17 bits per heavy atom. The SMILES string of the molecule is CCc1nn(C)c(CN2CC(C)CC(N)C2)c1Cl. The maximum atomic E-state index is 6.38. The highest BCUT2D eigenvalue weighted by atomic mass is 35.5. The lowest BCUT2D eigenvalue weighted by Crippen LogP contribution is -2.46. The van der Waals surface area contributed by atoms with Crippen molar-refractivity contribution in [2.24, 2.45) is 18.7 Å². The number of aromatic nitrogens is 2. The molecule has 5 heteroatoms. The number of piperidine rings is 1. The first kappa shape index (κ1) is 13.8. The number of hydrogen-bond acceptors (Lipinski definition) is 3. The van der Waals surface area contributed by atoms with Gasteiger partial charge < -0.3 is 5.73 Å². The minimum Gasteiger partial charge on any atom is -0.327 e. The van der Waals surface area contributed by atoms with Gasteiger partial charge in [0, 0.05) is 32.7 Å². The van der Waals surface area contributed by atoms with Gasteiger partial charge in [-0.05, 0) is 18.8 Å². The molecule has 1 aromatic heterocycles. The van der Waals surface area contributed by atoms with Gasteiger partial charge in [0.1, 0.15) is 0 Å². The molecule has 1 fully saturated rings. The van der Waals surface area contributed by atoms with Crippen molar-refractivity contribution in [3.8, 4) is 0 Å². The first-order valence-corrected chi connectivity index (χ1v) is 7.07. The van der Waals surface area contributed by atoms with E-state index < -0.39 is 0 Å². The molecule has 0 bridgehead atoms. The third-order valence-corrected chi connectivity index (χ3v) is 4.08. The molecule has 102 valence electrons. The molecule has 1 saturated heterocycles. The molecule has 0 aliphatic carbocycles. The Morgan fingerprint density at radius 3 is 2.72 bits per heavy atom. The smallest absolute Gasteiger partial charge is 0.0863 e. The molecular formula is C13H23ClN4. The molecule has 0 aromatic carbocycles. The zero-order chi connectivity index (χ0) is 13.3. The van der Waals surface area contributed by atoms with Crippen LogP contribution in [0.2, 0.25) is 5.02 Å². The van der Waals surface area contributed by atoms with E-state index in [0.717, 1.165) is 48.9 Å². The summed E-state index contributed by atoms with van der Waals surface area (Å²) in [5, 5.41) is 5.28. The van der Waals surface area contributed by atoms with Crippen LogP contribution in [0.15, 0.2) is 0 Å². The molecule has 2 atom stereocenters. The average Bonchev–Trinajstić information content (AvgIpc) is 2.55. The van der Waals surface area contributed by atoms with Crippen LogP contribution >= 0.6 is 11.6 Å². The molecule has 0 spiro atoms. The maximum Gasteiger partial charge on any atom is 0.0863 e. The minimum absolute atomic E-state index is 0.284. The molecular weight excluding hydrogens is 248 g/mol. The highest BCUT2D eigenvalue weighted by Crippen LogP contribution is 2.24. The van der Waals surface area contributed by atoms with Crippen LogP contribution in [-0.4, -0.2) is 33.8 Å². The van der Waals surface area contributed by atoms with Gasteiger partial charge in [-0.15, -0.1) is 0 Å². The van der Waals surface area contributed by atoms with Crippen molar-refractivity contribution in [3.05, 3.63) is 16.4 Å². The fraction of sp³-hybridized carbons (Fsp3) is 0.769. The second kappa shape index (κ2) is 5.59. The van der Waals surface area contributed by atoms with E-state index in [2.05, 4.69) is 23.8 Å². The summed E-state index contributed by atoms with van der Waals surface area (Å²) in [6.45, 7) is 7.23. The van der Waals surface area contributed by atoms with Crippen LogP contribution in [0.3, 0.4) is 0 Å². The van der Waals surface area contributed by atoms with E-state index in [9.17, 15) is 0 Å². The van der Waals surface area contributed by atoms with Crippen molar-refractivity contribution in [2.45, 2.75) is 39.3 Å². The molecule has 0 saturated carbocycles. The second-order valence-corrected chi connectivity index (χ2v) is 5.86. The summed E-state index contributed by atoms with van der Waals surface area (Å²) in [4.78, 5) is 2.39. The Balaban J connectivity index is 2.11. The quantitative estimate of drug-likeness (QED) is 0.911. The van der Waals surface area contributed by atoms with E-state index >= 15 is 0 Å². The summed E-state index contributed by atoms with van der Waals surface area (Å²) >= 11 is 6.38. The summed E-state index contributed by atoms with van der Waals surface area (Å²) in [7, 11) is 1.97. The lowest BCUT2D eigenvalue weighted by Gasteiger charge is -2.34. The average molecular weight is 271 g/mol. The first-order valence-electron chi connectivity index (χ1n) is 6.69. The topological polar surface area (TPSA) is 47.1 Å². The Hall–Kier alpha value is -0.580. The van der Waals surface area contributed by atoms with Crippen molar-refractivity contribution < 1.29 is 0 Å². The highest BCUT2D eigenvalue weighted by molar-refractivity contribution is 6.31. The third-order valence-electron chi connectivity index (χ3n) is 3.64. The van der Waals surface area contributed by atoms with Gasteiger partial charge in [-0.2, -0.15) is 5.10 Å². The molecule has 0 radical (unpaired) electrons. The van der Waals surface area contributed by atoms with E-state index in [0.29, 0.717) is 5.92 Å². The molecule has 2 unspecified atom stereocenters. The molecule has 2 N–H and O–H groups in total. The largest absolute Gasteiger partial charge is 0.327 e. The van der Waals surface area contributed by atoms with E-state index in [1.165, 1.54) is 0 Å². The van der Waals surface area contributed by atoms with Crippen molar-refractivity contribution in [2.75, 3.05) is 13.1 Å². The third kappa shape index (κ3) is 2.87. The van der Waals surface area contributed by atoms with Crippen LogP contribution in [0.5, 0.6) is 0 Å². The molecule has 1 aromatic rings. The van der Waals surface area contributed by atoms with Gasteiger partial charge in [0.05, 0.1) is 16.4 Å². The van der Waals surface area contributed by atoms with Gasteiger partial charge >= 0.3 is 0 Å². The number of aryl methyl sites for hydroxylation is 2. The Labute approximate surface area is 114 Å². The van der Waals surface area contributed by atoms with Crippen LogP contribution in [0.4, 0.5) is 0 Å². The van der Waals surface area contributed by atoms with E-state index in [1.807, 2.05) is 11.7 Å². The predicted molar refractivity (Wildman–Crippen MR) is 74.6 cm³/mol. The van der Waals surface area contributed by atoms with Gasteiger partial charge in [0.15, 0.2) is 0 Å². The van der Waals surface area contributed by atoms with Crippen LogP contribution in [-0.2, 0) is 20.0 Å². The molecule has 2 rings (SSSR count). The minimum atomic E-state index is 0.284. The van der Waals surface area contributed by atoms with Gasteiger partial charge in [-0.3, -0.25) is 9.58 Å². The zero-order valence-electron chi connectivity index (χ0n) is 11.5. The fourth-order valence-corrected chi connectivity index (χ4v) is 3.20. The normalized spacial score (nSPS) is 25.6. The molecule has 18 heavy (non-hydrogen) atoms. The van der Waals surface area contributed by atoms with E-state index in [1.54, 1.807) is 0 Å². The summed E-state index contributed by atoms with van der Waals surface area (Å²) < 4.78 is 1.91. The van der Waals surface area contributed by atoms with Gasteiger partial charge in [-0.1, -0.05) is 25.4 Å². The van der Waals surface area contributed by atoms with Gasteiger partial charge in [0.25, 0.3) is 0 Å². The van der Waals surface area contributed by atoms with E-state index in [4.69, 9.17) is 17.3 Å². The van der Waals surface area contributed by atoms with Gasteiger partial charge in [-0.25, -0.2) is 0 Å². The molecule has 1 aliphatic rings. The summed E-state index contributed by atoms with van der Waals surface area (Å²) in [5.74, 6) is 0.659. The first-order chi connectivity index (χ1) is 8.51. The highest BCUT2D eigenvalue weighted by Gasteiger charge is 2.24. The monoisotopic (exact) mass is 270 g/mol. The van der Waals surface area contributed by atoms with Crippen LogP contribution in [0.25, 0.3) is 0 Å². The van der Waals surface area contributed by atoms with E-state index in [-0.39, 0.29) is 6.04 Å². The van der Waals surface area contributed by atoms with Crippen molar-refractivity contribution in [1.82, 2.24) is 14.7 Å². The molecule has 0 amide bonds. The Bertz CT molecular complexity index is 405. The van der Waals surface area contributed by atoms with Crippen LogP contribution < -0.4 is 5.73 Å². The maximum absolute atomic E-state index is 6.38. The number of rotatable bonds is 3. The number of likely N-dealkylation sites (tertiary alicyclic amines) is 1. The number of hydrogen-bond donors (Lipinski definition) is 1. The fourth-order valence-electron chi connectivity index (χ4n) is 2.85. The van der Waals surface area contributed by atoms with Crippen LogP contribution in [0.1, 0.15) is 31.7 Å². The number of nitrogens with two attached hydrogens (primary N) is 1. The lowest BCUT2D eigenvalue weighted by atomic mass is 9.96. The summed E-state index contributed by atoms with van der Waals surface area (Å²) in [5.41, 5.74) is 8.18. The molecule has 4 nitrogen and oxygen atoms in total. The van der Waals surface area contributed by atoms with Crippen molar-refractivity contribution >= 4 is 11.6 Å². The summed E-state index contributed by atoms with van der Waals surface area (Å²) in [6, 6.07) is 0.284. The standard InChI is InChI=1S/C13H23ClN4/c1-4-11-13(14)12(17(3)16-11)8-18-6-9(2)5-10(15)7-18/h9-10H,4-8,15H2,1-3H3. The van der Waals surface area contributed by atoms with Crippen LogP contribution in [0, 0.1) is 5.92 Å². The molecule has 2 heterocycles. The Kier molecular flexibility index (Phi) is 4.30. The van der Waals surface area contributed by atoms with Crippen molar-refractivity contribution in [3.63, 3.8) is 0 Å². The second-order valence-electron chi connectivity index (χ2n) is 5.48. The molecule has 1 aliphatic heterocycles. The number of halogens is 1. The predicted octanol–water partition coefficient (Wildman–Crippen LogP) is 1.81. The number of nitrogens with zero attached hydrogens (tertiary/aromatic N) is 3. The summed E-state index contributed by atoms with van der Waals surface area (Å²) in [6.07, 6.45) is 2.00.